The van der Waals surface area contributed by atoms with Gasteiger partial charge in [0.05, 0.1) is 11.1 Å². The zero-order valence-corrected chi connectivity index (χ0v) is 15.1. The number of carbonyl (C=O) groups is 1. The molecule has 0 radical (unpaired) electrons. The molecule has 0 aliphatic carbocycles. The number of nitrogens with one attached hydrogen (secondary N) is 1. The molecular weight excluding hydrogens is 326 g/mol. The molecule has 0 spiro atoms. The van der Waals surface area contributed by atoms with Gasteiger partial charge in [-0.15, -0.1) is 0 Å². The molecule has 1 amide bonds. The van der Waals surface area contributed by atoms with Crippen molar-refractivity contribution in [3.05, 3.63) is 76.2 Å². The van der Waals surface area contributed by atoms with Crippen LogP contribution in [0, 0.1) is 6.92 Å². The largest absolute Gasteiger partial charge is 0.352 e. The lowest BCUT2D eigenvalue weighted by molar-refractivity contribution is -0.122. The Hall–Kier alpha value is -2.95. The third-order valence-electron chi connectivity index (χ3n) is 4.46. The van der Waals surface area contributed by atoms with Gasteiger partial charge in [0.25, 0.3) is 5.56 Å². The Morgan fingerprint density at radius 1 is 1.08 bits per heavy atom. The molecule has 5 heteroatoms. The minimum Gasteiger partial charge on any atom is -0.352 e. The van der Waals surface area contributed by atoms with Crippen LogP contribution in [0.2, 0.25) is 0 Å². The van der Waals surface area contributed by atoms with Gasteiger partial charge in [-0.05, 0) is 38.3 Å². The average Bonchev–Trinajstić information content (AvgIpc) is 2.65. The van der Waals surface area contributed by atoms with Gasteiger partial charge in [0, 0.05) is 11.4 Å². The van der Waals surface area contributed by atoms with Crippen molar-refractivity contribution < 1.29 is 4.79 Å². The van der Waals surface area contributed by atoms with Crippen LogP contribution < -0.4 is 10.9 Å². The maximum Gasteiger partial charge on any atom is 0.275 e. The molecule has 1 N–H and O–H groups in total. The molecule has 1 aromatic heterocycles. The van der Waals surface area contributed by atoms with Crippen LogP contribution >= 0.6 is 0 Å². The van der Waals surface area contributed by atoms with Crippen molar-refractivity contribution in [2.24, 2.45) is 0 Å². The molecule has 26 heavy (non-hydrogen) atoms. The van der Waals surface area contributed by atoms with E-state index in [9.17, 15) is 9.59 Å². The zero-order chi connectivity index (χ0) is 18.5. The van der Waals surface area contributed by atoms with Crippen molar-refractivity contribution in [3.8, 4) is 0 Å². The Bertz CT molecular complexity index is 964. The lowest BCUT2D eigenvalue weighted by Crippen LogP contribution is -2.38. The number of hydrogen-bond donors (Lipinski definition) is 1. The van der Waals surface area contributed by atoms with E-state index in [1.165, 1.54) is 10.2 Å². The summed E-state index contributed by atoms with van der Waals surface area (Å²) in [7, 11) is 0. The Morgan fingerprint density at radius 2 is 1.73 bits per heavy atom. The molecule has 0 aliphatic rings. The second-order valence-corrected chi connectivity index (χ2v) is 6.59. The van der Waals surface area contributed by atoms with Gasteiger partial charge in [0.2, 0.25) is 5.91 Å². The van der Waals surface area contributed by atoms with E-state index in [-0.39, 0.29) is 24.1 Å². The highest BCUT2D eigenvalue weighted by Gasteiger charge is 2.12. The molecule has 3 rings (SSSR count). The predicted octanol–water partition coefficient (Wildman–Crippen LogP) is 2.84. The van der Waals surface area contributed by atoms with E-state index >= 15 is 0 Å². The number of nitrogens with zero attached hydrogens (tertiary/aromatic N) is 2. The molecule has 2 aromatic carbocycles. The summed E-state index contributed by atoms with van der Waals surface area (Å²) in [5.74, 6) is -0.199. The van der Waals surface area contributed by atoms with Gasteiger partial charge in [-0.1, -0.05) is 48.5 Å². The van der Waals surface area contributed by atoms with Crippen molar-refractivity contribution in [1.82, 2.24) is 15.1 Å². The highest BCUT2D eigenvalue weighted by atomic mass is 16.2. The summed E-state index contributed by atoms with van der Waals surface area (Å²) in [6.45, 7) is 3.75. The van der Waals surface area contributed by atoms with Crippen molar-refractivity contribution in [2.75, 3.05) is 0 Å². The molecule has 1 heterocycles. The molecule has 3 aromatic rings. The number of carbonyl (C=O) groups excluding carboxylic acids is 1. The molecule has 0 saturated heterocycles. The summed E-state index contributed by atoms with van der Waals surface area (Å²) >= 11 is 0. The van der Waals surface area contributed by atoms with Crippen molar-refractivity contribution in [3.63, 3.8) is 0 Å². The molecule has 1 atom stereocenters. The first-order valence-corrected chi connectivity index (χ1v) is 8.84. The van der Waals surface area contributed by atoms with Crippen LogP contribution in [0.25, 0.3) is 10.8 Å². The fourth-order valence-electron chi connectivity index (χ4n) is 3.07. The number of aromatic nitrogens is 2. The van der Waals surface area contributed by atoms with E-state index in [4.69, 9.17) is 0 Å². The molecular formula is C21H23N3O2. The third kappa shape index (κ3) is 4.17. The average molecular weight is 349 g/mol. The number of aryl methyl sites for hydroxylation is 2. The van der Waals surface area contributed by atoms with Crippen LogP contribution in [-0.2, 0) is 17.8 Å². The molecule has 5 nitrogen and oxygen atoms in total. The smallest absolute Gasteiger partial charge is 0.275 e. The summed E-state index contributed by atoms with van der Waals surface area (Å²) < 4.78 is 1.25. The zero-order valence-electron chi connectivity index (χ0n) is 15.1. The lowest BCUT2D eigenvalue weighted by Gasteiger charge is -2.15. The van der Waals surface area contributed by atoms with Crippen LogP contribution in [0.15, 0.2) is 59.4 Å². The van der Waals surface area contributed by atoms with Crippen LogP contribution in [0.1, 0.15) is 24.6 Å². The number of fused-ring (bicyclic) bond motifs is 1. The Kier molecular flexibility index (Phi) is 5.46. The van der Waals surface area contributed by atoms with Crippen LogP contribution in [0.3, 0.4) is 0 Å². The quantitative estimate of drug-likeness (QED) is 0.744. The van der Waals surface area contributed by atoms with Gasteiger partial charge in [-0.25, -0.2) is 4.68 Å². The summed E-state index contributed by atoms with van der Waals surface area (Å²) in [6.07, 6.45) is 1.74. The van der Waals surface area contributed by atoms with Crippen LogP contribution in [-0.4, -0.2) is 21.7 Å². The van der Waals surface area contributed by atoms with Gasteiger partial charge in [-0.3, -0.25) is 9.59 Å². The SMILES string of the molecule is Cc1nn(CC(=O)N[C@@H](C)CCc2ccccc2)c(=O)c2ccccc12. The van der Waals surface area contributed by atoms with E-state index in [1.807, 2.05) is 50.2 Å². The molecule has 134 valence electrons. The van der Waals surface area contributed by atoms with E-state index in [1.54, 1.807) is 6.07 Å². The fraction of sp³-hybridized carbons (Fsp3) is 0.286. The van der Waals surface area contributed by atoms with Crippen molar-refractivity contribution in [2.45, 2.75) is 39.3 Å². The second kappa shape index (κ2) is 7.95. The Morgan fingerprint density at radius 3 is 2.46 bits per heavy atom. The normalized spacial score (nSPS) is 12.1. The summed E-state index contributed by atoms with van der Waals surface area (Å²) in [4.78, 5) is 24.9. The molecule has 0 unspecified atom stereocenters. The summed E-state index contributed by atoms with van der Waals surface area (Å²) in [5, 5.41) is 8.65. The second-order valence-electron chi connectivity index (χ2n) is 6.59. The first-order chi connectivity index (χ1) is 12.5. The van der Waals surface area contributed by atoms with E-state index in [0.29, 0.717) is 5.39 Å². The predicted molar refractivity (Wildman–Crippen MR) is 103 cm³/mol. The molecule has 0 fully saturated rings. The first kappa shape index (κ1) is 17.9. The highest BCUT2D eigenvalue weighted by Crippen LogP contribution is 2.11. The van der Waals surface area contributed by atoms with Crippen LogP contribution in [0.4, 0.5) is 0 Å². The topological polar surface area (TPSA) is 64.0 Å². The summed E-state index contributed by atoms with van der Waals surface area (Å²) in [6, 6.07) is 17.5. The highest BCUT2D eigenvalue weighted by molar-refractivity contribution is 5.83. The maximum atomic E-state index is 12.5. The van der Waals surface area contributed by atoms with Gasteiger partial charge in [-0.2, -0.15) is 5.10 Å². The Labute approximate surface area is 152 Å². The van der Waals surface area contributed by atoms with Gasteiger partial charge in [0.15, 0.2) is 0 Å². The molecule has 0 bridgehead atoms. The number of benzene rings is 2. The van der Waals surface area contributed by atoms with E-state index in [0.717, 1.165) is 23.9 Å². The van der Waals surface area contributed by atoms with Crippen molar-refractivity contribution >= 4 is 16.7 Å². The third-order valence-corrected chi connectivity index (χ3v) is 4.46. The van der Waals surface area contributed by atoms with Gasteiger partial charge in [0.1, 0.15) is 6.54 Å². The number of rotatable bonds is 6. The standard InChI is InChI=1S/C21H23N3O2/c1-15(12-13-17-8-4-3-5-9-17)22-20(25)14-24-21(26)19-11-7-6-10-18(19)16(2)23-24/h3-11,15H,12-14H2,1-2H3,(H,22,25)/t15-/m0/s1. The monoisotopic (exact) mass is 349 g/mol. The van der Waals surface area contributed by atoms with E-state index in [2.05, 4.69) is 22.5 Å². The minimum atomic E-state index is -0.238. The van der Waals surface area contributed by atoms with Gasteiger partial charge >= 0.3 is 0 Å². The summed E-state index contributed by atoms with van der Waals surface area (Å²) in [5.41, 5.74) is 1.75. The Balaban J connectivity index is 1.64. The van der Waals surface area contributed by atoms with Gasteiger partial charge < -0.3 is 5.32 Å². The number of amides is 1. The van der Waals surface area contributed by atoms with Crippen LogP contribution in [0.5, 0.6) is 0 Å². The fourth-order valence-corrected chi connectivity index (χ4v) is 3.07. The van der Waals surface area contributed by atoms with Crippen molar-refractivity contribution in [1.29, 1.82) is 0 Å². The van der Waals surface area contributed by atoms with E-state index < -0.39 is 0 Å². The number of hydrogen-bond acceptors (Lipinski definition) is 3. The maximum absolute atomic E-state index is 12.5. The lowest BCUT2D eigenvalue weighted by atomic mass is 10.1. The molecule has 0 aliphatic heterocycles. The minimum absolute atomic E-state index is 0.0277. The first-order valence-electron chi connectivity index (χ1n) is 8.84. The molecule has 0 saturated carbocycles.